The van der Waals surface area contributed by atoms with Crippen LogP contribution in [0.4, 0.5) is 5.13 Å². The van der Waals surface area contributed by atoms with Gasteiger partial charge in [0, 0.05) is 12.1 Å². The van der Waals surface area contributed by atoms with Crippen molar-refractivity contribution in [3.8, 4) is 0 Å². The van der Waals surface area contributed by atoms with Gasteiger partial charge in [-0.2, -0.15) is 0 Å². The normalized spacial score (nSPS) is 12.0. The van der Waals surface area contributed by atoms with Gasteiger partial charge in [-0.1, -0.05) is 35.2 Å². The Morgan fingerprint density at radius 1 is 1.30 bits per heavy atom. The molecule has 1 aromatic heterocycles. The van der Waals surface area contributed by atoms with E-state index in [0.29, 0.717) is 6.54 Å². The predicted octanol–water partition coefficient (Wildman–Crippen LogP) is 4.42. The standard InChI is InChI=1S/C17H21N3OS2/c1-6-7-18-16-19-20-17(23-16)22-13(5)15(21)14-9-11(3)10(2)8-12(14)4/h6,8-9,13H,1,7H2,2-5H3,(H,18,19). The summed E-state index contributed by atoms with van der Waals surface area (Å²) in [4.78, 5) is 12.7. The van der Waals surface area contributed by atoms with Crippen LogP contribution in [-0.2, 0) is 0 Å². The second-order valence-corrected chi connectivity index (χ2v) is 7.98. The van der Waals surface area contributed by atoms with E-state index >= 15 is 0 Å². The van der Waals surface area contributed by atoms with Gasteiger partial charge in [0.2, 0.25) is 5.13 Å². The zero-order chi connectivity index (χ0) is 17.0. The molecule has 6 heteroatoms. The molecule has 0 fully saturated rings. The average Bonchev–Trinajstić information content (AvgIpc) is 2.95. The Hall–Kier alpha value is -1.66. The highest BCUT2D eigenvalue weighted by atomic mass is 32.2. The van der Waals surface area contributed by atoms with Gasteiger partial charge in [-0.15, -0.1) is 16.8 Å². The molecule has 122 valence electrons. The fourth-order valence-corrected chi connectivity index (χ4v) is 4.11. The van der Waals surface area contributed by atoms with Crippen LogP contribution in [0.2, 0.25) is 0 Å². The summed E-state index contributed by atoms with van der Waals surface area (Å²) in [6.07, 6.45) is 1.77. The van der Waals surface area contributed by atoms with E-state index < -0.39 is 0 Å². The highest BCUT2D eigenvalue weighted by molar-refractivity contribution is 8.02. The van der Waals surface area contributed by atoms with E-state index in [9.17, 15) is 4.79 Å². The van der Waals surface area contributed by atoms with Crippen molar-refractivity contribution in [1.29, 1.82) is 0 Å². The third kappa shape index (κ3) is 4.42. The SMILES string of the molecule is C=CCNc1nnc(SC(C)C(=O)c2cc(C)c(C)cc2C)s1. The summed E-state index contributed by atoms with van der Waals surface area (Å²) < 4.78 is 0.791. The minimum Gasteiger partial charge on any atom is -0.357 e. The number of rotatable bonds is 7. The molecule has 0 bridgehead atoms. The van der Waals surface area contributed by atoms with Crippen LogP contribution in [0.1, 0.15) is 34.0 Å². The first-order valence-electron chi connectivity index (χ1n) is 7.39. The lowest BCUT2D eigenvalue weighted by Crippen LogP contribution is -2.15. The molecule has 0 spiro atoms. The zero-order valence-corrected chi connectivity index (χ0v) is 15.5. The van der Waals surface area contributed by atoms with Gasteiger partial charge < -0.3 is 5.32 Å². The largest absolute Gasteiger partial charge is 0.357 e. The number of carbonyl (C=O) groups excluding carboxylic acids is 1. The number of ketones is 1. The highest BCUT2D eigenvalue weighted by Crippen LogP contribution is 2.31. The molecule has 0 amide bonds. The lowest BCUT2D eigenvalue weighted by molar-refractivity contribution is 0.0993. The van der Waals surface area contributed by atoms with Crippen molar-refractivity contribution in [1.82, 2.24) is 10.2 Å². The summed E-state index contributed by atoms with van der Waals surface area (Å²) in [6.45, 7) is 12.3. The number of hydrogen-bond acceptors (Lipinski definition) is 6. The molecule has 1 heterocycles. The van der Waals surface area contributed by atoms with Crippen LogP contribution in [-0.4, -0.2) is 27.8 Å². The van der Waals surface area contributed by atoms with Gasteiger partial charge in [0.05, 0.1) is 5.25 Å². The van der Waals surface area contributed by atoms with E-state index in [1.54, 1.807) is 6.08 Å². The maximum Gasteiger partial charge on any atom is 0.206 e. The first kappa shape index (κ1) is 17.7. The smallest absolute Gasteiger partial charge is 0.206 e. The molecule has 4 nitrogen and oxygen atoms in total. The van der Waals surface area contributed by atoms with Gasteiger partial charge in [-0.25, -0.2) is 0 Å². The van der Waals surface area contributed by atoms with E-state index in [0.717, 1.165) is 26.2 Å². The number of aromatic nitrogens is 2. The minimum absolute atomic E-state index is 0.131. The van der Waals surface area contributed by atoms with Crippen molar-refractivity contribution in [2.75, 3.05) is 11.9 Å². The van der Waals surface area contributed by atoms with Gasteiger partial charge in [-0.05, 0) is 50.5 Å². The highest BCUT2D eigenvalue weighted by Gasteiger charge is 2.20. The van der Waals surface area contributed by atoms with Crippen molar-refractivity contribution in [2.24, 2.45) is 0 Å². The number of carbonyl (C=O) groups is 1. The summed E-state index contributed by atoms with van der Waals surface area (Å²) in [5.74, 6) is 0.131. The molecule has 23 heavy (non-hydrogen) atoms. The van der Waals surface area contributed by atoms with E-state index in [4.69, 9.17) is 0 Å². The topological polar surface area (TPSA) is 54.9 Å². The van der Waals surface area contributed by atoms with Crippen LogP contribution in [0, 0.1) is 20.8 Å². The third-order valence-electron chi connectivity index (χ3n) is 3.56. The Bertz CT molecular complexity index is 725. The van der Waals surface area contributed by atoms with Crippen LogP contribution in [0.25, 0.3) is 0 Å². The Balaban J connectivity index is 2.09. The molecule has 1 unspecified atom stereocenters. The molecule has 2 aromatic rings. The molecule has 1 atom stereocenters. The van der Waals surface area contributed by atoms with E-state index in [1.807, 2.05) is 26.8 Å². The molecule has 0 aliphatic rings. The Labute approximate surface area is 145 Å². The van der Waals surface area contributed by atoms with Crippen LogP contribution in [0.3, 0.4) is 0 Å². The third-order valence-corrected chi connectivity index (χ3v) is 5.62. The van der Waals surface area contributed by atoms with Gasteiger partial charge >= 0.3 is 0 Å². The van der Waals surface area contributed by atoms with Crippen LogP contribution >= 0.6 is 23.1 Å². The van der Waals surface area contributed by atoms with Crippen molar-refractivity contribution >= 4 is 34.0 Å². The monoisotopic (exact) mass is 347 g/mol. The lowest BCUT2D eigenvalue weighted by Gasteiger charge is -2.12. The van der Waals surface area contributed by atoms with Crippen LogP contribution < -0.4 is 5.32 Å². The predicted molar refractivity (Wildman–Crippen MR) is 98.9 cm³/mol. The Morgan fingerprint density at radius 2 is 2.00 bits per heavy atom. The molecule has 0 saturated heterocycles. The van der Waals surface area contributed by atoms with E-state index in [-0.39, 0.29) is 11.0 Å². The molecule has 0 aliphatic carbocycles. The molecule has 0 aliphatic heterocycles. The molecule has 1 aromatic carbocycles. The van der Waals surface area contributed by atoms with E-state index in [1.165, 1.54) is 28.7 Å². The molecule has 1 N–H and O–H groups in total. The van der Waals surface area contributed by atoms with Gasteiger partial charge in [-0.3, -0.25) is 4.79 Å². The fraction of sp³-hybridized carbons (Fsp3) is 0.353. The molecule has 0 radical (unpaired) electrons. The maximum atomic E-state index is 12.7. The van der Waals surface area contributed by atoms with Crippen LogP contribution in [0.5, 0.6) is 0 Å². The first-order valence-corrected chi connectivity index (χ1v) is 9.09. The summed E-state index contributed by atoms with van der Waals surface area (Å²) in [5, 5.41) is 11.8. The first-order chi connectivity index (χ1) is 10.9. The summed E-state index contributed by atoms with van der Waals surface area (Å²) in [5.41, 5.74) is 4.17. The molecule has 2 rings (SSSR count). The second-order valence-electron chi connectivity index (χ2n) is 5.42. The molecule has 0 saturated carbocycles. The van der Waals surface area contributed by atoms with Crippen molar-refractivity contribution in [3.63, 3.8) is 0 Å². The average molecular weight is 348 g/mol. The number of anilines is 1. The number of thioether (sulfide) groups is 1. The van der Waals surface area contributed by atoms with Gasteiger partial charge in [0.15, 0.2) is 10.1 Å². The Morgan fingerprint density at radius 3 is 2.70 bits per heavy atom. The van der Waals surface area contributed by atoms with Gasteiger partial charge in [0.1, 0.15) is 0 Å². The number of aryl methyl sites for hydroxylation is 3. The molecular weight excluding hydrogens is 326 g/mol. The van der Waals surface area contributed by atoms with Crippen molar-refractivity contribution in [2.45, 2.75) is 37.3 Å². The van der Waals surface area contributed by atoms with Crippen molar-refractivity contribution in [3.05, 3.63) is 47.0 Å². The summed E-state index contributed by atoms with van der Waals surface area (Å²) >= 11 is 2.90. The number of hydrogen-bond donors (Lipinski definition) is 1. The van der Waals surface area contributed by atoms with Crippen molar-refractivity contribution < 1.29 is 4.79 Å². The zero-order valence-electron chi connectivity index (χ0n) is 13.8. The number of benzene rings is 1. The van der Waals surface area contributed by atoms with Crippen LogP contribution in [0.15, 0.2) is 29.1 Å². The minimum atomic E-state index is -0.198. The number of Topliss-reactive ketones (excluding diaryl/α,β-unsaturated/α-hetero) is 1. The lowest BCUT2D eigenvalue weighted by atomic mass is 9.97. The number of nitrogens with one attached hydrogen (secondary N) is 1. The Kier molecular flexibility index (Phi) is 5.96. The van der Waals surface area contributed by atoms with E-state index in [2.05, 4.69) is 35.1 Å². The fourth-order valence-electron chi connectivity index (χ4n) is 2.14. The number of nitrogens with zero attached hydrogens (tertiary/aromatic N) is 2. The summed E-state index contributed by atoms with van der Waals surface area (Å²) in [6, 6.07) is 4.06. The summed E-state index contributed by atoms with van der Waals surface area (Å²) in [7, 11) is 0. The quantitative estimate of drug-likeness (QED) is 0.456. The molecular formula is C17H21N3OS2. The second kappa shape index (κ2) is 7.75. The van der Waals surface area contributed by atoms with Gasteiger partial charge in [0.25, 0.3) is 0 Å². The maximum absolute atomic E-state index is 12.7.